The Bertz CT molecular complexity index is 809. The first kappa shape index (κ1) is 12.1. The predicted octanol–water partition coefficient (Wildman–Crippen LogP) is 5.06. The molecule has 0 amide bonds. The molecule has 2 aromatic carbocycles. The molecule has 0 aromatic heterocycles. The maximum Gasteiger partial charge on any atom is 0.0526 e. The predicted molar refractivity (Wildman–Crippen MR) is 90.5 cm³/mol. The van der Waals surface area contributed by atoms with Gasteiger partial charge < -0.3 is 0 Å². The zero-order valence-electron chi connectivity index (χ0n) is 11.7. The number of aliphatic imine (C=N–C) groups is 1. The summed E-state index contributed by atoms with van der Waals surface area (Å²) in [5.74, 6) is 0. The van der Waals surface area contributed by atoms with Crippen molar-refractivity contribution in [2.24, 2.45) is 4.99 Å². The van der Waals surface area contributed by atoms with Gasteiger partial charge in [-0.3, -0.25) is 4.99 Å². The first-order valence-corrected chi connectivity index (χ1v) is 7.15. The SMILES string of the molecule is C=C1C=CC=C2CC(=NC=C1)c1cccc3cccc2c13. The van der Waals surface area contributed by atoms with Crippen molar-refractivity contribution >= 4 is 22.1 Å². The van der Waals surface area contributed by atoms with E-state index in [4.69, 9.17) is 0 Å². The molecule has 1 aliphatic carbocycles. The Morgan fingerprint density at radius 2 is 1.76 bits per heavy atom. The molecule has 0 saturated carbocycles. The normalized spacial score (nSPS) is 16.7. The van der Waals surface area contributed by atoms with E-state index < -0.39 is 0 Å². The Kier molecular flexibility index (Phi) is 2.71. The third-order valence-electron chi connectivity index (χ3n) is 4.05. The lowest BCUT2D eigenvalue weighted by molar-refractivity contribution is 1.37. The van der Waals surface area contributed by atoms with Gasteiger partial charge in [0, 0.05) is 18.2 Å². The second-order valence-corrected chi connectivity index (χ2v) is 5.40. The van der Waals surface area contributed by atoms with Gasteiger partial charge in [0.1, 0.15) is 0 Å². The van der Waals surface area contributed by atoms with Crippen molar-refractivity contribution in [1.82, 2.24) is 0 Å². The number of nitrogens with zero attached hydrogens (tertiary/aromatic N) is 1. The first-order valence-electron chi connectivity index (χ1n) is 7.15. The van der Waals surface area contributed by atoms with Crippen molar-refractivity contribution in [1.29, 1.82) is 0 Å². The second kappa shape index (κ2) is 4.71. The summed E-state index contributed by atoms with van der Waals surface area (Å²) < 4.78 is 0. The van der Waals surface area contributed by atoms with Crippen LogP contribution in [0, 0.1) is 0 Å². The van der Waals surface area contributed by atoms with Gasteiger partial charge in [0.25, 0.3) is 0 Å². The summed E-state index contributed by atoms with van der Waals surface area (Å²) in [6.45, 7) is 3.99. The molecule has 0 spiro atoms. The van der Waals surface area contributed by atoms with E-state index >= 15 is 0 Å². The Morgan fingerprint density at radius 1 is 0.952 bits per heavy atom. The number of hydrogen-bond acceptors (Lipinski definition) is 1. The molecule has 0 fully saturated rings. The van der Waals surface area contributed by atoms with Gasteiger partial charge in [-0.15, -0.1) is 0 Å². The van der Waals surface area contributed by atoms with Crippen molar-refractivity contribution in [2.75, 3.05) is 0 Å². The highest BCUT2D eigenvalue weighted by Crippen LogP contribution is 2.36. The minimum absolute atomic E-state index is 0.872. The van der Waals surface area contributed by atoms with Crippen LogP contribution in [0.2, 0.25) is 0 Å². The van der Waals surface area contributed by atoms with Crippen LogP contribution < -0.4 is 0 Å². The molecule has 21 heavy (non-hydrogen) atoms. The van der Waals surface area contributed by atoms with E-state index in [2.05, 4.69) is 60.1 Å². The molecule has 100 valence electrons. The molecular formula is C20H15N. The minimum atomic E-state index is 0.872. The first-order chi connectivity index (χ1) is 10.3. The van der Waals surface area contributed by atoms with Crippen molar-refractivity contribution in [2.45, 2.75) is 6.42 Å². The highest BCUT2D eigenvalue weighted by molar-refractivity contribution is 6.20. The number of hydrogen-bond donors (Lipinski definition) is 0. The molecule has 0 saturated heterocycles. The molecular weight excluding hydrogens is 254 g/mol. The van der Waals surface area contributed by atoms with Crippen molar-refractivity contribution in [3.63, 3.8) is 0 Å². The Morgan fingerprint density at radius 3 is 2.62 bits per heavy atom. The lowest BCUT2D eigenvalue weighted by Crippen LogP contribution is -2.10. The minimum Gasteiger partial charge on any atom is -0.260 e. The molecule has 1 nitrogen and oxygen atoms in total. The van der Waals surface area contributed by atoms with Crippen LogP contribution in [0.4, 0.5) is 0 Å². The van der Waals surface area contributed by atoms with Gasteiger partial charge in [-0.1, -0.05) is 61.2 Å². The van der Waals surface area contributed by atoms with Gasteiger partial charge in [-0.25, -0.2) is 0 Å². The molecule has 2 aromatic rings. The van der Waals surface area contributed by atoms with Crippen LogP contribution >= 0.6 is 0 Å². The van der Waals surface area contributed by atoms with Crippen LogP contribution in [-0.4, -0.2) is 5.71 Å². The van der Waals surface area contributed by atoms with Crippen molar-refractivity contribution in [3.05, 3.63) is 90.2 Å². The molecule has 1 aliphatic heterocycles. The largest absolute Gasteiger partial charge is 0.260 e. The molecule has 0 radical (unpaired) electrons. The Balaban J connectivity index is 2.10. The zero-order chi connectivity index (χ0) is 14.2. The van der Waals surface area contributed by atoms with E-state index in [0.29, 0.717) is 0 Å². The van der Waals surface area contributed by atoms with E-state index in [0.717, 1.165) is 17.7 Å². The molecule has 4 rings (SSSR count). The lowest BCUT2D eigenvalue weighted by Gasteiger charge is -2.21. The van der Waals surface area contributed by atoms with Gasteiger partial charge >= 0.3 is 0 Å². The summed E-state index contributed by atoms with van der Waals surface area (Å²) in [6.07, 6.45) is 11.0. The molecule has 0 atom stereocenters. The standard InChI is InChI=1S/C20H15N/c1-14-5-2-8-16-13-19(21-12-11-14)18-10-4-7-15-6-3-9-17(16)20(15)18/h2-12H,1,13H2. The average molecular weight is 269 g/mol. The van der Waals surface area contributed by atoms with E-state index in [1.165, 1.54) is 27.5 Å². The van der Waals surface area contributed by atoms with Crippen LogP contribution in [-0.2, 0) is 0 Å². The van der Waals surface area contributed by atoms with Crippen LogP contribution in [0.3, 0.4) is 0 Å². The van der Waals surface area contributed by atoms with E-state index in [1.54, 1.807) is 0 Å². The maximum atomic E-state index is 4.68. The summed E-state index contributed by atoms with van der Waals surface area (Å²) in [5.41, 5.74) is 5.98. The molecule has 2 aliphatic rings. The zero-order valence-corrected chi connectivity index (χ0v) is 11.7. The smallest absolute Gasteiger partial charge is 0.0526 e. The summed E-state index contributed by atoms with van der Waals surface area (Å²) in [7, 11) is 0. The molecule has 1 heteroatoms. The monoisotopic (exact) mass is 269 g/mol. The van der Waals surface area contributed by atoms with Crippen LogP contribution in [0.15, 0.2) is 84.0 Å². The third-order valence-corrected chi connectivity index (χ3v) is 4.05. The topological polar surface area (TPSA) is 12.4 Å². The molecule has 2 bridgehead atoms. The van der Waals surface area contributed by atoms with Gasteiger partial charge in [-0.2, -0.15) is 0 Å². The third kappa shape index (κ3) is 1.98. The van der Waals surface area contributed by atoms with Gasteiger partial charge in [0.05, 0.1) is 5.71 Å². The van der Waals surface area contributed by atoms with Crippen LogP contribution in [0.1, 0.15) is 17.5 Å². The quantitative estimate of drug-likeness (QED) is 0.634. The summed E-state index contributed by atoms with van der Waals surface area (Å²) in [6, 6.07) is 13.0. The maximum absolute atomic E-state index is 4.68. The molecule has 1 heterocycles. The van der Waals surface area contributed by atoms with E-state index in [-0.39, 0.29) is 0 Å². The summed E-state index contributed by atoms with van der Waals surface area (Å²) in [5, 5.41) is 2.59. The molecule has 0 unspecified atom stereocenters. The van der Waals surface area contributed by atoms with Crippen LogP contribution in [0.5, 0.6) is 0 Å². The number of fused-ring (bicyclic) bond motifs is 4. The average Bonchev–Trinajstić information content (AvgIpc) is 2.51. The van der Waals surface area contributed by atoms with Crippen LogP contribution in [0.25, 0.3) is 16.3 Å². The van der Waals surface area contributed by atoms with Crippen molar-refractivity contribution in [3.8, 4) is 0 Å². The van der Waals surface area contributed by atoms with Crippen molar-refractivity contribution < 1.29 is 0 Å². The fraction of sp³-hybridized carbons (Fsp3) is 0.0500. The van der Waals surface area contributed by atoms with Gasteiger partial charge in [0.15, 0.2) is 0 Å². The van der Waals surface area contributed by atoms with E-state index in [1.807, 2.05) is 18.4 Å². The van der Waals surface area contributed by atoms with E-state index in [9.17, 15) is 0 Å². The molecule has 0 N–H and O–H groups in total. The van der Waals surface area contributed by atoms with Gasteiger partial charge in [-0.05, 0) is 33.6 Å². The number of benzene rings is 2. The second-order valence-electron chi connectivity index (χ2n) is 5.40. The number of allylic oxidation sites excluding steroid dienone is 6. The van der Waals surface area contributed by atoms with Gasteiger partial charge in [0.2, 0.25) is 0 Å². The number of rotatable bonds is 0. The fourth-order valence-corrected chi connectivity index (χ4v) is 3.05. The highest BCUT2D eigenvalue weighted by Gasteiger charge is 2.20. The highest BCUT2D eigenvalue weighted by atomic mass is 14.7. The fourth-order valence-electron chi connectivity index (χ4n) is 3.05. The Hall–Kier alpha value is -2.67. The summed E-state index contributed by atoms with van der Waals surface area (Å²) >= 11 is 0. The Labute approximate surface area is 124 Å². The lowest BCUT2D eigenvalue weighted by atomic mass is 9.83. The summed E-state index contributed by atoms with van der Waals surface area (Å²) in [4.78, 5) is 4.68.